The number of carboxylic acid groups (broad SMARTS) is 1. The maximum absolute atomic E-state index is 12.0. The number of carbonyl (C=O) groups excluding carboxylic acids is 1. The molecule has 126 valence electrons. The van der Waals surface area contributed by atoms with Crippen LogP contribution in [0, 0.1) is 20.8 Å². The molecule has 0 aliphatic rings. The summed E-state index contributed by atoms with van der Waals surface area (Å²) < 4.78 is 5.59. The Morgan fingerprint density at radius 1 is 1.00 bits per heavy atom. The van der Waals surface area contributed by atoms with Gasteiger partial charge >= 0.3 is 5.97 Å². The van der Waals surface area contributed by atoms with Gasteiger partial charge in [-0.2, -0.15) is 0 Å². The second kappa shape index (κ2) is 7.64. The van der Waals surface area contributed by atoms with Crippen LogP contribution in [-0.4, -0.2) is 23.6 Å². The van der Waals surface area contributed by atoms with Gasteiger partial charge in [-0.1, -0.05) is 18.2 Å². The lowest BCUT2D eigenvalue weighted by Crippen LogP contribution is -2.20. The number of anilines is 1. The number of carbonyl (C=O) groups is 2. The van der Waals surface area contributed by atoms with E-state index >= 15 is 0 Å². The summed E-state index contributed by atoms with van der Waals surface area (Å²) in [6, 6.07) is 10.7. The zero-order chi connectivity index (χ0) is 17.7. The number of ether oxygens (including phenoxy) is 1. The molecule has 24 heavy (non-hydrogen) atoms. The van der Waals surface area contributed by atoms with Crippen molar-refractivity contribution in [3.8, 4) is 5.75 Å². The van der Waals surface area contributed by atoms with Crippen LogP contribution in [-0.2, 0) is 16.0 Å². The highest BCUT2D eigenvalue weighted by atomic mass is 16.5. The summed E-state index contributed by atoms with van der Waals surface area (Å²) in [5.74, 6) is -0.451. The van der Waals surface area contributed by atoms with Crippen LogP contribution in [0.1, 0.15) is 22.3 Å². The molecule has 0 aliphatic heterocycles. The molecule has 2 aromatic carbocycles. The molecule has 0 atom stereocenters. The van der Waals surface area contributed by atoms with Gasteiger partial charge in [-0.05, 0) is 61.2 Å². The number of nitrogens with one attached hydrogen (secondary N) is 1. The smallest absolute Gasteiger partial charge is 0.307 e. The van der Waals surface area contributed by atoms with Crippen LogP contribution in [0.2, 0.25) is 0 Å². The zero-order valence-electron chi connectivity index (χ0n) is 14.1. The second-order valence-electron chi connectivity index (χ2n) is 5.81. The monoisotopic (exact) mass is 327 g/mol. The van der Waals surface area contributed by atoms with Crippen LogP contribution >= 0.6 is 0 Å². The van der Waals surface area contributed by atoms with Gasteiger partial charge in [0.15, 0.2) is 6.61 Å². The number of amides is 1. The molecule has 2 N–H and O–H groups in total. The van der Waals surface area contributed by atoms with Crippen LogP contribution in [0.25, 0.3) is 0 Å². The Morgan fingerprint density at radius 2 is 1.62 bits per heavy atom. The van der Waals surface area contributed by atoms with Crippen LogP contribution < -0.4 is 10.1 Å². The highest BCUT2D eigenvalue weighted by Crippen LogP contribution is 2.22. The lowest BCUT2D eigenvalue weighted by Gasteiger charge is -2.12. The lowest BCUT2D eigenvalue weighted by atomic mass is 10.1. The summed E-state index contributed by atoms with van der Waals surface area (Å²) in [6.45, 7) is 5.90. The van der Waals surface area contributed by atoms with E-state index < -0.39 is 5.97 Å². The van der Waals surface area contributed by atoms with Gasteiger partial charge in [-0.25, -0.2) is 0 Å². The van der Waals surface area contributed by atoms with E-state index in [1.54, 1.807) is 24.3 Å². The van der Waals surface area contributed by atoms with E-state index in [0.29, 0.717) is 17.0 Å². The number of aliphatic carboxylic acids is 1. The van der Waals surface area contributed by atoms with Gasteiger partial charge in [0.1, 0.15) is 5.75 Å². The van der Waals surface area contributed by atoms with Crippen molar-refractivity contribution >= 4 is 17.6 Å². The molecule has 0 heterocycles. The summed E-state index contributed by atoms with van der Waals surface area (Å²) >= 11 is 0. The highest BCUT2D eigenvalue weighted by Gasteiger charge is 2.08. The quantitative estimate of drug-likeness (QED) is 0.854. The second-order valence-corrected chi connectivity index (χ2v) is 5.81. The minimum atomic E-state index is -0.885. The highest BCUT2D eigenvalue weighted by molar-refractivity contribution is 5.91. The summed E-state index contributed by atoms with van der Waals surface area (Å²) in [5, 5.41) is 11.5. The molecule has 0 spiro atoms. The van der Waals surface area contributed by atoms with Crippen molar-refractivity contribution in [3.63, 3.8) is 0 Å². The SMILES string of the molecule is Cc1cc(C)c(OCC(=O)Nc2ccc(CC(=O)O)cc2)cc1C. The van der Waals surface area contributed by atoms with Gasteiger partial charge in [0, 0.05) is 5.69 Å². The lowest BCUT2D eigenvalue weighted by molar-refractivity contribution is -0.136. The van der Waals surface area contributed by atoms with E-state index in [9.17, 15) is 9.59 Å². The predicted octanol–water partition coefficient (Wildman–Crippen LogP) is 3.26. The Hall–Kier alpha value is -2.82. The first-order valence-corrected chi connectivity index (χ1v) is 7.66. The molecule has 0 saturated carbocycles. The molecule has 5 heteroatoms. The van der Waals surface area contributed by atoms with Crippen LogP contribution in [0.5, 0.6) is 5.75 Å². The van der Waals surface area contributed by atoms with Crippen molar-refractivity contribution in [1.29, 1.82) is 0 Å². The first-order valence-electron chi connectivity index (χ1n) is 7.66. The standard InChI is InChI=1S/C19H21NO4/c1-12-8-14(3)17(9-13(12)2)24-11-18(21)20-16-6-4-15(5-7-16)10-19(22)23/h4-9H,10-11H2,1-3H3,(H,20,21)(H,22,23). The minimum absolute atomic E-state index is 0.0383. The molecule has 1 amide bonds. The summed E-state index contributed by atoms with van der Waals surface area (Å²) in [4.78, 5) is 22.6. The largest absolute Gasteiger partial charge is 0.483 e. The van der Waals surface area contributed by atoms with Crippen LogP contribution in [0.15, 0.2) is 36.4 Å². The number of rotatable bonds is 6. The molecule has 0 bridgehead atoms. The van der Waals surface area contributed by atoms with Gasteiger partial charge in [0.05, 0.1) is 6.42 Å². The molecule has 5 nitrogen and oxygen atoms in total. The number of hydrogen-bond donors (Lipinski definition) is 2. The third-order valence-corrected chi connectivity index (χ3v) is 3.74. The number of benzene rings is 2. The Morgan fingerprint density at radius 3 is 2.25 bits per heavy atom. The molecule has 0 aliphatic carbocycles. The van der Waals surface area contributed by atoms with Gasteiger partial charge in [0.2, 0.25) is 0 Å². The summed E-state index contributed by atoms with van der Waals surface area (Å²) in [5.41, 5.74) is 4.58. The predicted molar refractivity (Wildman–Crippen MR) is 92.6 cm³/mol. The summed E-state index contributed by atoms with van der Waals surface area (Å²) in [7, 11) is 0. The Bertz CT molecular complexity index is 751. The zero-order valence-corrected chi connectivity index (χ0v) is 14.1. The van der Waals surface area contributed by atoms with Crippen LogP contribution in [0.3, 0.4) is 0 Å². The Labute approximate surface area is 141 Å². The average molecular weight is 327 g/mol. The van der Waals surface area contributed by atoms with E-state index in [1.807, 2.05) is 32.9 Å². The number of aryl methyl sites for hydroxylation is 3. The molecule has 2 rings (SSSR count). The molecular weight excluding hydrogens is 306 g/mol. The average Bonchev–Trinajstić information content (AvgIpc) is 2.51. The topological polar surface area (TPSA) is 75.6 Å². The van der Waals surface area contributed by atoms with E-state index in [1.165, 1.54) is 5.56 Å². The van der Waals surface area contributed by atoms with Crippen molar-refractivity contribution in [2.75, 3.05) is 11.9 Å². The minimum Gasteiger partial charge on any atom is -0.483 e. The van der Waals surface area contributed by atoms with E-state index in [0.717, 1.165) is 11.1 Å². The fourth-order valence-electron chi connectivity index (χ4n) is 2.31. The van der Waals surface area contributed by atoms with Crippen molar-refractivity contribution < 1.29 is 19.4 Å². The van der Waals surface area contributed by atoms with Crippen molar-refractivity contribution in [1.82, 2.24) is 0 Å². The van der Waals surface area contributed by atoms with Crippen LogP contribution in [0.4, 0.5) is 5.69 Å². The van der Waals surface area contributed by atoms with Crippen molar-refractivity contribution in [3.05, 3.63) is 58.7 Å². The first-order chi connectivity index (χ1) is 11.3. The molecule has 2 aromatic rings. The van der Waals surface area contributed by atoms with E-state index in [-0.39, 0.29) is 18.9 Å². The third-order valence-electron chi connectivity index (χ3n) is 3.74. The Balaban J connectivity index is 1.91. The first kappa shape index (κ1) is 17.5. The fraction of sp³-hybridized carbons (Fsp3) is 0.263. The molecule has 0 unspecified atom stereocenters. The van der Waals surface area contributed by atoms with Gasteiger partial charge in [0.25, 0.3) is 5.91 Å². The molecule has 0 saturated heterocycles. The normalized spacial score (nSPS) is 10.3. The number of carboxylic acids is 1. The maximum atomic E-state index is 12.0. The Kier molecular flexibility index (Phi) is 5.58. The van der Waals surface area contributed by atoms with E-state index in [4.69, 9.17) is 9.84 Å². The maximum Gasteiger partial charge on any atom is 0.307 e. The number of hydrogen-bond acceptors (Lipinski definition) is 3. The van der Waals surface area contributed by atoms with Crippen molar-refractivity contribution in [2.45, 2.75) is 27.2 Å². The molecule has 0 radical (unpaired) electrons. The van der Waals surface area contributed by atoms with E-state index in [2.05, 4.69) is 5.32 Å². The van der Waals surface area contributed by atoms with Gasteiger partial charge in [-0.3, -0.25) is 9.59 Å². The third kappa shape index (κ3) is 4.84. The molecule has 0 aromatic heterocycles. The van der Waals surface area contributed by atoms with Crippen molar-refractivity contribution in [2.24, 2.45) is 0 Å². The molecule has 0 fully saturated rings. The molecular formula is C19H21NO4. The fourth-order valence-corrected chi connectivity index (χ4v) is 2.31. The van der Waals surface area contributed by atoms with Gasteiger partial charge < -0.3 is 15.2 Å². The van der Waals surface area contributed by atoms with Gasteiger partial charge in [-0.15, -0.1) is 0 Å². The summed E-state index contributed by atoms with van der Waals surface area (Å²) in [6.07, 6.45) is -0.0383.